The number of nitrogens with one attached hydrogen (secondary N) is 1. The molecule has 0 spiro atoms. The van der Waals surface area contributed by atoms with Crippen LogP contribution in [0.2, 0.25) is 0 Å². The summed E-state index contributed by atoms with van der Waals surface area (Å²) < 4.78 is 57.3. The number of halogens is 2. The van der Waals surface area contributed by atoms with E-state index in [1.807, 2.05) is 0 Å². The average Bonchev–Trinajstić information content (AvgIpc) is 2.61. The molecule has 0 aliphatic rings. The van der Waals surface area contributed by atoms with Gasteiger partial charge in [0.1, 0.15) is 17.2 Å². The van der Waals surface area contributed by atoms with Crippen LogP contribution in [0, 0.1) is 11.6 Å². The highest BCUT2D eigenvalue weighted by molar-refractivity contribution is 7.89. The van der Waals surface area contributed by atoms with Crippen molar-refractivity contribution in [2.24, 2.45) is 0 Å². The number of hydrogen-bond donors (Lipinski definition) is 1. The van der Waals surface area contributed by atoms with E-state index in [0.29, 0.717) is 0 Å². The zero-order chi connectivity index (χ0) is 21.1. The fourth-order valence-electron chi connectivity index (χ4n) is 2.15. The first-order valence-electron chi connectivity index (χ1n) is 8.02. The predicted octanol–water partition coefficient (Wildman–Crippen LogP) is 2.40. The first-order chi connectivity index (χ1) is 13.0. The first-order valence-corrected chi connectivity index (χ1v) is 9.46. The first kappa shape index (κ1) is 21.5. The monoisotopic (exact) mass is 412 g/mol. The predicted molar refractivity (Wildman–Crippen MR) is 97.2 cm³/mol. The quantitative estimate of drug-likeness (QED) is 0.736. The fourth-order valence-corrected chi connectivity index (χ4v) is 3.10. The van der Waals surface area contributed by atoms with Crippen molar-refractivity contribution in [3.8, 4) is 0 Å². The number of carbonyl (C=O) groups is 2. The van der Waals surface area contributed by atoms with Crippen LogP contribution in [0.1, 0.15) is 17.3 Å². The van der Waals surface area contributed by atoms with Crippen LogP contribution in [0.25, 0.3) is 0 Å². The number of hydrogen-bond acceptors (Lipinski definition) is 5. The maximum atomic E-state index is 13.6. The van der Waals surface area contributed by atoms with Crippen LogP contribution in [0.4, 0.5) is 14.5 Å². The van der Waals surface area contributed by atoms with Crippen LogP contribution in [-0.2, 0) is 19.6 Å². The Hall–Kier alpha value is -2.85. The van der Waals surface area contributed by atoms with Crippen molar-refractivity contribution in [1.29, 1.82) is 0 Å². The number of sulfonamides is 1. The summed E-state index contributed by atoms with van der Waals surface area (Å²) in [5, 5.41) is 2.39. The van der Waals surface area contributed by atoms with Gasteiger partial charge in [-0.3, -0.25) is 4.79 Å². The van der Waals surface area contributed by atoms with E-state index in [1.54, 1.807) is 0 Å². The molecule has 1 amide bonds. The van der Waals surface area contributed by atoms with Gasteiger partial charge in [0, 0.05) is 19.8 Å². The van der Waals surface area contributed by atoms with Crippen LogP contribution in [0.15, 0.2) is 47.4 Å². The Morgan fingerprint density at radius 3 is 2.21 bits per heavy atom. The van der Waals surface area contributed by atoms with Crippen molar-refractivity contribution >= 4 is 27.6 Å². The summed E-state index contributed by atoms with van der Waals surface area (Å²) in [5.41, 5.74) is -0.755. The second-order valence-electron chi connectivity index (χ2n) is 5.95. The molecule has 7 nitrogen and oxygen atoms in total. The summed E-state index contributed by atoms with van der Waals surface area (Å²) in [6.07, 6.45) is -1.39. The van der Waals surface area contributed by atoms with Crippen LogP contribution in [-0.4, -0.2) is 44.8 Å². The molecular weight excluding hydrogens is 394 g/mol. The normalized spacial score (nSPS) is 12.5. The van der Waals surface area contributed by atoms with Gasteiger partial charge in [-0.2, -0.15) is 0 Å². The summed E-state index contributed by atoms with van der Waals surface area (Å²) in [7, 11) is -0.977. The minimum absolute atomic E-state index is 0.0478. The summed E-state index contributed by atoms with van der Waals surface area (Å²) in [6.45, 7) is 1.21. The minimum atomic E-state index is -3.71. The molecule has 0 aromatic heterocycles. The molecule has 0 aliphatic carbocycles. The molecule has 2 aromatic carbocycles. The summed E-state index contributed by atoms with van der Waals surface area (Å²) in [4.78, 5) is 24.1. The van der Waals surface area contributed by atoms with Crippen molar-refractivity contribution < 1.29 is 31.5 Å². The van der Waals surface area contributed by atoms with Crippen LogP contribution >= 0.6 is 0 Å². The molecule has 1 N–H and O–H groups in total. The van der Waals surface area contributed by atoms with Gasteiger partial charge in [0.2, 0.25) is 10.0 Å². The molecule has 10 heteroatoms. The zero-order valence-corrected chi connectivity index (χ0v) is 16.1. The van der Waals surface area contributed by atoms with Crippen LogP contribution in [0.3, 0.4) is 0 Å². The third-order valence-corrected chi connectivity index (χ3v) is 5.51. The largest absolute Gasteiger partial charge is 0.449 e. The summed E-state index contributed by atoms with van der Waals surface area (Å²) in [5.74, 6) is -4.36. The molecule has 0 bridgehead atoms. The van der Waals surface area contributed by atoms with E-state index in [2.05, 4.69) is 5.32 Å². The van der Waals surface area contributed by atoms with E-state index in [0.717, 1.165) is 22.5 Å². The topological polar surface area (TPSA) is 92.8 Å². The van der Waals surface area contributed by atoms with E-state index < -0.39 is 45.2 Å². The highest BCUT2D eigenvalue weighted by atomic mass is 32.2. The van der Waals surface area contributed by atoms with Gasteiger partial charge in [-0.05, 0) is 37.3 Å². The highest BCUT2D eigenvalue weighted by Crippen LogP contribution is 2.19. The summed E-state index contributed by atoms with van der Waals surface area (Å²) >= 11 is 0. The van der Waals surface area contributed by atoms with Gasteiger partial charge in [0.15, 0.2) is 6.10 Å². The lowest BCUT2D eigenvalue weighted by Gasteiger charge is -2.15. The van der Waals surface area contributed by atoms with Crippen LogP contribution < -0.4 is 5.32 Å². The van der Waals surface area contributed by atoms with E-state index in [-0.39, 0.29) is 10.6 Å². The number of ether oxygens (including phenoxy) is 1. The number of nitrogens with zero attached hydrogens (tertiary/aromatic N) is 1. The maximum absolute atomic E-state index is 13.6. The lowest BCUT2D eigenvalue weighted by molar-refractivity contribution is -0.123. The van der Waals surface area contributed by atoms with Crippen LogP contribution in [0.5, 0.6) is 0 Å². The third kappa shape index (κ3) is 4.70. The average molecular weight is 412 g/mol. The van der Waals surface area contributed by atoms with Gasteiger partial charge in [-0.25, -0.2) is 26.3 Å². The molecule has 0 fully saturated rings. The van der Waals surface area contributed by atoms with Gasteiger partial charge >= 0.3 is 5.97 Å². The zero-order valence-electron chi connectivity index (χ0n) is 15.3. The smallest absolute Gasteiger partial charge is 0.344 e. The SMILES string of the molecule is C[C@@H](OC(=O)c1c(F)cccc1F)C(=O)Nc1cccc(S(=O)(=O)N(C)C)c1. The lowest BCUT2D eigenvalue weighted by Crippen LogP contribution is -2.30. The number of rotatable bonds is 6. The lowest BCUT2D eigenvalue weighted by atomic mass is 10.2. The van der Waals surface area contributed by atoms with Gasteiger partial charge in [-0.1, -0.05) is 12.1 Å². The Bertz CT molecular complexity index is 989. The Kier molecular flexibility index (Phi) is 6.47. The second kappa shape index (κ2) is 8.44. The standard InChI is InChI=1S/C18H18F2N2O5S/c1-11(27-18(24)16-14(19)8-5-9-15(16)20)17(23)21-12-6-4-7-13(10-12)28(25,26)22(2)3/h4-11H,1-3H3,(H,21,23)/t11-/m1/s1. The number of amides is 1. The molecule has 0 radical (unpaired) electrons. The third-order valence-electron chi connectivity index (χ3n) is 3.70. The molecule has 150 valence electrons. The van der Waals surface area contributed by atoms with Crippen molar-refractivity contribution in [2.45, 2.75) is 17.9 Å². The van der Waals surface area contributed by atoms with Crippen molar-refractivity contribution in [1.82, 2.24) is 4.31 Å². The van der Waals surface area contributed by atoms with Gasteiger partial charge in [-0.15, -0.1) is 0 Å². The van der Waals surface area contributed by atoms with E-state index >= 15 is 0 Å². The minimum Gasteiger partial charge on any atom is -0.449 e. The molecular formula is C18H18F2N2O5S. The number of benzene rings is 2. The Morgan fingerprint density at radius 1 is 1.07 bits per heavy atom. The molecule has 1 atom stereocenters. The Balaban J connectivity index is 2.12. The number of esters is 1. The van der Waals surface area contributed by atoms with Gasteiger partial charge in [0.05, 0.1) is 4.90 Å². The molecule has 0 saturated heterocycles. The highest BCUT2D eigenvalue weighted by Gasteiger charge is 2.24. The Labute approximate surface area is 161 Å². The molecule has 0 heterocycles. The second-order valence-corrected chi connectivity index (χ2v) is 8.10. The maximum Gasteiger partial charge on any atom is 0.344 e. The van der Waals surface area contributed by atoms with Gasteiger partial charge in [0.25, 0.3) is 5.91 Å². The fraction of sp³-hybridized carbons (Fsp3) is 0.222. The molecule has 0 saturated carbocycles. The van der Waals surface area contributed by atoms with E-state index in [1.165, 1.54) is 45.3 Å². The molecule has 2 aromatic rings. The van der Waals surface area contributed by atoms with Crippen molar-refractivity contribution in [2.75, 3.05) is 19.4 Å². The molecule has 2 rings (SSSR count). The summed E-state index contributed by atoms with van der Waals surface area (Å²) in [6, 6.07) is 8.33. The van der Waals surface area contributed by atoms with Crippen molar-refractivity contribution in [3.05, 3.63) is 59.7 Å². The molecule has 0 unspecified atom stereocenters. The van der Waals surface area contributed by atoms with E-state index in [9.17, 15) is 26.8 Å². The van der Waals surface area contributed by atoms with E-state index in [4.69, 9.17) is 4.74 Å². The molecule has 0 aliphatic heterocycles. The Morgan fingerprint density at radius 2 is 1.64 bits per heavy atom. The number of carbonyl (C=O) groups excluding carboxylic acids is 2. The van der Waals surface area contributed by atoms with Gasteiger partial charge < -0.3 is 10.1 Å². The molecule has 28 heavy (non-hydrogen) atoms. The number of anilines is 1. The van der Waals surface area contributed by atoms with Crippen molar-refractivity contribution in [3.63, 3.8) is 0 Å².